The molecule has 0 aromatic heterocycles. The summed E-state index contributed by atoms with van der Waals surface area (Å²) >= 11 is 0. The van der Waals surface area contributed by atoms with Crippen LogP contribution in [0.5, 0.6) is 0 Å². The Morgan fingerprint density at radius 1 is 1.24 bits per heavy atom. The van der Waals surface area contributed by atoms with E-state index in [2.05, 4.69) is 18.7 Å². The monoisotopic (exact) mass is 242 g/mol. The molecule has 17 heavy (non-hydrogen) atoms. The fourth-order valence-electron chi connectivity index (χ4n) is 3.01. The maximum absolute atomic E-state index is 5.94. The SMILES string of the molecule is CC1CC(N2CCOC(C(C)N)C2)CC(C)O1. The van der Waals surface area contributed by atoms with Gasteiger partial charge in [-0.25, -0.2) is 0 Å². The third-order valence-corrected chi connectivity index (χ3v) is 3.90. The van der Waals surface area contributed by atoms with Crippen LogP contribution >= 0.6 is 0 Å². The Hall–Kier alpha value is -0.160. The molecule has 4 heteroatoms. The quantitative estimate of drug-likeness (QED) is 0.784. The van der Waals surface area contributed by atoms with Crippen LogP contribution in [0.25, 0.3) is 0 Å². The van der Waals surface area contributed by atoms with Gasteiger partial charge in [-0.1, -0.05) is 0 Å². The highest BCUT2D eigenvalue weighted by molar-refractivity contribution is 4.86. The zero-order valence-corrected chi connectivity index (χ0v) is 11.3. The van der Waals surface area contributed by atoms with Crippen LogP contribution in [0.2, 0.25) is 0 Å². The van der Waals surface area contributed by atoms with Crippen LogP contribution in [0.3, 0.4) is 0 Å². The normalized spacial score (nSPS) is 42.4. The lowest BCUT2D eigenvalue weighted by Crippen LogP contribution is -2.55. The van der Waals surface area contributed by atoms with Crippen molar-refractivity contribution in [1.29, 1.82) is 0 Å². The second-order valence-electron chi connectivity index (χ2n) is 5.65. The molecular formula is C13H26N2O2. The predicted molar refractivity (Wildman–Crippen MR) is 68.0 cm³/mol. The first kappa shape index (κ1) is 13.3. The minimum atomic E-state index is 0.118. The lowest BCUT2D eigenvalue weighted by molar-refractivity contribution is -0.100. The first-order valence-corrected chi connectivity index (χ1v) is 6.83. The summed E-state index contributed by atoms with van der Waals surface area (Å²) in [5.41, 5.74) is 5.94. The van der Waals surface area contributed by atoms with Gasteiger partial charge in [0.1, 0.15) is 0 Å². The summed E-state index contributed by atoms with van der Waals surface area (Å²) in [6, 6.07) is 0.756. The summed E-state index contributed by atoms with van der Waals surface area (Å²) in [4.78, 5) is 2.55. The van der Waals surface area contributed by atoms with Crippen LogP contribution in [0.15, 0.2) is 0 Å². The third-order valence-electron chi connectivity index (χ3n) is 3.90. The number of hydrogen-bond donors (Lipinski definition) is 1. The van der Waals surface area contributed by atoms with Gasteiger partial charge in [-0.2, -0.15) is 0 Å². The minimum absolute atomic E-state index is 0.118. The summed E-state index contributed by atoms with van der Waals surface area (Å²) in [5.74, 6) is 0. The van der Waals surface area contributed by atoms with E-state index in [9.17, 15) is 0 Å². The fraction of sp³-hybridized carbons (Fsp3) is 1.00. The van der Waals surface area contributed by atoms with Crippen molar-refractivity contribution in [2.45, 2.75) is 64.0 Å². The van der Waals surface area contributed by atoms with E-state index in [-0.39, 0.29) is 12.1 Å². The van der Waals surface area contributed by atoms with Gasteiger partial charge in [-0.05, 0) is 33.6 Å². The average molecular weight is 242 g/mol. The molecule has 2 saturated heterocycles. The summed E-state index contributed by atoms with van der Waals surface area (Å²) in [5, 5.41) is 0. The second-order valence-corrected chi connectivity index (χ2v) is 5.65. The molecule has 0 aromatic rings. The molecule has 2 N–H and O–H groups in total. The summed E-state index contributed by atoms with van der Waals surface area (Å²) in [6.07, 6.45) is 3.21. The van der Waals surface area contributed by atoms with Crippen molar-refractivity contribution in [3.63, 3.8) is 0 Å². The van der Waals surface area contributed by atoms with E-state index < -0.39 is 0 Å². The predicted octanol–water partition coefficient (Wildman–Crippen LogP) is 0.990. The molecule has 0 aliphatic carbocycles. The number of ether oxygens (including phenoxy) is 2. The highest BCUT2D eigenvalue weighted by atomic mass is 16.5. The van der Waals surface area contributed by atoms with Crippen LogP contribution in [-0.4, -0.2) is 55.0 Å². The largest absolute Gasteiger partial charge is 0.375 e. The van der Waals surface area contributed by atoms with Crippen LogP contribution in [-0.2, 0) is 9.47 Å². The summed E-state index contributed by atoms with van der Waals surface area (Å²) in [6.45, 7) is 9.20. The molecule has 100 valence electrons. The van der Waals surface area contributed by atoms with Gasteiger partial charge in [-0.3, -0.25) is 4.90 Å². The maximum Gasteiger partial charge on any atom is 0.0850 e. The Balaban J connectivity index is 1.92. The number of nitrogens with zero attached hydrogens (tertiary/aromatic N) is 1. The molecule has 2 fully saturated rings. The Morgan fingerprint density at radius 2 is 1.88 bits per heavy atom. The Kier molecular flexibility index (Phi) is 4.42. The maximum atomic E-state index is 5.94. The molecule has 4 unspecified atom stereocenters. The molecule has 4 nitrogen and oxygen atoms in total. The van der Waals surface area contributed by atoms with Crippen LogP contribution in [0, 0.1) is 0 Å². The van der Waals surface area contributed by atoms with Crippen molar-refractivity contribution < 1.29 is 9.47 Å². The Labute approximate surface area is 104 Å². The molecule has 0 bridgehead atoms. The molecule has 2 aliphatic heterocycles. The van der Waals surface area contributed by atoms with Gasteiger partial charge in [0.05, 0.1) is 24.9 Å². The average Bonchev–Trinajstić information content (AvgIpc) is 2.28. The highest BCUT2D eigenvalue weighted by Crippen LogP contribution is 2.25. The van der Waals surface area contributed by atoms with E-state index in [1.807, 2.05) is 6.92 Å². The van der Waals surface area contributed by atoms with Crippen LogP contribution in [0.1, 0.15) is 33.6 Å². The van der Waals surface area contributed by atoms with Gasteiger partial charge in [0, 0.05) is 25.2 Å². The molecule has 0 radical (unpaired) electrons. The smallest absolute Gasteiger partial charge is 0.0850 e. The van der Waals surface area contributed by atoms with E-state index in [0.717, 1.165) is 32.5 Å². The van der Waals surface area contributed by atoms with Crippen molar-refractivity contribution >= 4 is 0 Å². The van der Waals surface area contributed by atoms with Crippen molar-refractivity contribution in [1.82, 2.24) is 4.90 Å². The van der Waals surface area contributed by atoms with Gasteiger partial charge in [-0.15, -0.1) is 0 Å². The summed E-state index contributed by atoms with van der Waals surface area (Å²) in [7, 11) is 0. The lowest BCUT2D eigenvalue weighted by atomic mass is 9.97. The fourth-order valence-corrected chi connectivity index (χ4v) is 3.01. The molecule has 0 aromatic carbocycles. The molecule has 4 atom stereocenters. The van der Waals surface area contributed by atoms with Gasteiger partial charge in [0.25, 0.3) is 0 Å². The molecule has 2 rings (SSSR count). The van der Waals surface area contributed by atoms with Crippen molar-refractivity contribution in [3.8, 4) is 0 Å². The number of rotatable bonds is 2. The lowest BCUT2D eigenvalue weighted by Gasteiger charge is -2.43. The van der Waals surface area contributed by atoms with E-state index >= 15 is 0 Å². The Morgan fingerprint density at radius 3 is 2.47 bits per heavy atom. The van der Waals surface area contributed by atoms with Crippen molar-refractivity contribution in [2.75, 3.05) is 19.7 Å². The first-order chi connectivity index (χ1) is 8.06. The van der Waals surface area contributed by atoms with E-state index in [1.165, 1.54) is 0 Å². The van der Waals surface area contributed by atoms with E-state index in [4.69, 9.17) is 15.2 Å². The first-order valence-electron chi connectivity index (χ1n) is 6.83. The second kappa shape index (κ2) is 5.65. The van der Waals surface area contributed by atoms with E-state index in [1.54, 1.807) is 0 Å². The number of morpholine rings is 1. The molecule has 0 amide bonds. The topological polar surface area (TPSA) is 47.7 Å². The van der Waals surface area contributed by atoms with Crippen molar-refractivity contribution in [2.24, 2.45) is 5.73 Å². The summed E-state index contributed by atoms with van der Waals surface area (Å²) < 4.78 is 11.5. The standard InChI is InChI=1S/C13H26N2O2/c1-9-6-12(7-10(2)17-9)15-4-5-16-13(8-15)11(3)14/h9-13H,4-8,14H2,1-3H3. The number of hydrogen-bond acceptors (Lipinski definition) is 4. The van der Waals surface area contributed by atoms with Crippen molar-refractivity contribution in [3.05, 3.63) is 0 Å². The van der Waals surface area contributed by atoms with Crippen LogP contribution < -0.4 is 5.73 Å². The van der Waals surface area contributed by atoms with Gasteiger partial charge in [0.2, 0.25) is 0 Å². The van der Waals surface area contributed by atoms with E-state index in [0.29, 0.717) is 18.2 Å². The molecule has 0 saturated carbocycles. The molecular weight excluding hydrogens is 216 g/mol. The highest BCUT2D eigenvalue weighted by Gasteiger charge is 2.33. The van der Waals surface area contributed by atoms with Gasteiger partial charge >= 0.3 is 0 Å². The van der Waals surface area contributed by atoms with Gasteiger partial charge in [0.15, 0.2) is 0 Å². The zero-order chi connectivity index (χ0) is 12.4. The zero-order valence-electron chi connectivity index (χ0n) is 11.3. The minimum Gasteiger partial charge on any atom is -0.375 e. The number of nitrogens with two attached hydrogens (primary N) is 1. The molecule has 2 heterocycles. The Bertz CT molecular complexity index is 238. The molecule has 0 spiro atoms. The molecule has 2 aliphatic rings. The van der Waals surface area contributed by atoms with Crippen LogP contribution in [0.4, 0.5) is 0 Å². The van der Waals surface area contributed by atoms with Gasteiger partial charge < -0.3 is 15.2 Å². The third kappa shape index (κ3) is 3.41.